The zero-order valence-electron chi connectivity index (χ0n) is 12.0. The number of carbonyl (C=O) groups excluding carboxylic acids is 2. The Kier molecular flexibility index (Phi) is 5.74. The predicted molar refractivity (Wildman–Crippen MR) is 80.1 cm³/mol. The van der Waals surface area contributed by atoms with Crippen molar-refractivity contribution in [2.24, 2.45) is 5.92 Å². The van der Waals surface area contributed by atoms with Crippen molar-refractivity contribution in [1.82, 2.24) is 10.2 Å². The minimum Gasteiger partial charge on any atom is -0.396 e. The molecule has 0 unspecified atom stereocenters. The topological polar surface area (TPSA) is 69.6 Å². The summed E-state index contributed by atoms with van der Waals surface area (Å²) in [4.78, 5) is 25.6. The van der Waals surface area contributed by atoms with Crippen LogP contribution in [0, 0.1) is 11.7 Å². The fourth-order valence-electron chi connectivity index (χ4n) is 2.44. The minimum atomic E-state index is -0.721. The van der Waals surface area contributed by atoms with Gasteiger partial charge in [-0.1, -0.05) is 17.7 Å². The van der Waals surface area contributed by atoms with Crippen molar-refractivity contribution in [2.45, 2.75) is 12.8 Å². The van der Waals surface area contributed by atoms with E-state index >= 15 is 0 Å². The molecule has 1 heterocycles. The first-order valence-corrected chi connectivity index (χ1v) is 7.51. The zero-order chi connectivity index (χ0) is 16.1. The molecule has 1 aromatic carbocycles. The Bertz CT molecular complexity index is 539. The molecule has 0 saturated carbocycles. The Morgan fingerprint density at radius 2 is 2.05 bits per heavy atom. The molecule has 1 aliphatic heterocycles. The van der Waals surface area contributed by atoms with E-state index in [2.05, 4.69) is 5.32 Å². The molecule has 1 fully saturated rings. The van der Waals surface area contributed by atoms with Crippen LogP contribution in [-0.4, -0.2) is 48.1 Å². The second-order valence-corrected chi connectivity index (χ2v) is 5.69. The van der Waals surface area contributed by atoms with Gasteiger partial charge in [0.1, 0.15) is 5.82 Å². The number of amides is 2. The molecule has 7 heteroatoms. The molecule has 120 valence electrons. The molecule has 2 rings (SSSR count). The van der Waals surface area contributed by atoms with Gasteiger partial charge in [0.25, 0.3) is 5.91 Å². The van der Waals surface area contributed by atoms with Gasteiger partial charge in [0.2, 0.25) is 5.91 Å². The van der Waals surface area contributed by atoms with Crippen molar-refractivity contribution in [3.05, 3.63) is 34.6 Å². The number of aliphatic hydroxyl groups excluding tert-OH is 1. The lowest BCUT2D eigenvalue weighted by Crippen LogP contribution is -2.44. The number of hydrogen-bond acceptors (Lipinski definition) is 3. The van der Waals surface area contributed by atoms with Gasteiger partial charge in [-0.3, -0.25) is 9.59 Å². The van der Waals surface area contributed by atoms with Crippen LogP contribution in [0.4, 0.5) is 4.39 Å². The molecule has 2 amide bonds. The lowest BCUT2D eigenvalue weighted by atomic mass is 9.98. The molecule has 22 heavy (non-hydrogen) atoms. The van der Waals surface area contributed by atoms with E-state index in [1.807, 2.05) is 0 Å². The molecule has 2 N–H and O–H groups in total. The minimum absolute atomic E-state index is 0.00806. The second kappa shape index (κ2) is 7.56. The summed E-state index contributed by atoms with van der Waals surface area (Å²) in [6.07, 6.45) is 1.49. The summed E-state index contributed by atoms with van der Waals surface area (Å²) >= 11 is 5.80. The molecule has 1 saturated heterocycles. The molecule has 0 spiro atoms. The molecule has 0 bridgehead atoms. The van der Waals surface area contributed by atoms with E-state index < -0.39 is 11.7 Å². The van der Waals surface area contributed by atoms with Gasteiger partial charge in [0.15, 0.2) is 0 Å². The Hall–Kier alpha value is -1.66. The van der Waals surface area contributed by atoms with Crippen LogP contribution >= 0.6 is 11.6 Å². The standard InChI is InChI=1S/C15H18ClFN2O3/c16-11-2-1-3-12(17)14(11)15(22)18-8-13(21)19-6-4-10(9-20)5-7-19/h1-3,10,20H,4-9H2,(H,18,22). The Balaban J connectivity index is 1.87. The van der Waals surface area contributed by atoms with Crippen LogP contribution in [0.3, 0.4) is 0 Å². The van der Waals surface area contributed by atoms with Gasteiger partial charge in [-0.25, -0.2) is 4.39 Å². The molecule has 0 aromatic heterocycles. The van der Waals surface area contributed by atoms with Crippen molar-refractivity contribution >= 4 is 23.4 Å². The summed E-state index contributed by atoms with van der Waals surface area (Å²) in [5.74, 6) is -1.42. The summed E-state index contributed by atoms with van der Waals surface area (Å²) in [6.45, 7) is 1.04. The summed E-state index contributed by atoms with van der Waals surface area (Å²) in [7, 11) is 0. The summed E-state index contributed by atoms with van der Waals surface area (Å²) in [5, 5.41) is 11.5. The maximum Gasteiger partial charge on any atom is 0.256 e. The first-order valence-electron chi connectivity index (χ1n) is 7.13. The Morgan fingerprint density at radius 1 is 1.36 bits per heavy atom. The van der Waals surface area contributed by atoms with Crippen molar-refractivity contribution in [1.29, 1.82) is 0 Å². The number of carbonyl (C=O) groups is 2. The molecular formula is C15H18ClFN2O3. The molecule has 5 nitrogen and oxygen atoms in total. The van der Waals surface area contributed by atoms with Crippen molar-refractivity contribution in [3.63, 3.8) is 0 Å². The highest BCUT2D eigenvalue weighted by Crippen LogP contribution is 2.19. The Labute approximate surface area is 133 Å². The number of benzene rings is 1. The lowest BCUT2D eigenvalue weighted by molar-refractivity contribution is -0.131. The number of aliphatic hydroxyl groups is 1. The number of nitrogens with one attached hydrogen (secondary N) is 1. The van der Waals surface area contributed by atoms with E-state index in [0.29, 0.717) is 13.1 Å². The van der Waals surface area contributed by atoms with E-state index in [4.69, 9.17) is 16.7 Å². The van der Waals surface area contributed by atoms with Crippen molar-refractivity contribution < 1.29 is 19.1 Å². The third-order valence-corrected chi connectivity index (χ3v) is 4.13. The van der Waals surface area contributed by atoms with Crippen molar-refractivity contribution in [2.75, 3.05) is 26.2 Å². The number of halogens is 2. The molecular weight excluding hydrogens is 311 g/mol. The maximum atomic E-state index is 13.6. The zero-order valence-corrected chi connectivity index (χ0v) is 12.8. The third-order valence-electron chi connectivity index (χ3n) is 3.82. The lowest BCUT2D eigenvalue weighted by Gasteiger charge is -2.31. The monoisotopic (exact) mass is 328 g/mol. The maximum absolute atomic E-state index is 13.6. The van der Waals surface area contributed by atoms with Crippen LogP contribution in [0.2, 0.25) is 5.02 Å². The Morgan fingerprint density at radius 3 is 2.64 bits per heavy atom. The average molecular weight is 329 g/mol. The van der Waals surface area contributed by atoms with Gasteiger partial charge < -0.3 is 15.3 Å². The highest BCUT2D eigenvalue weighted by molar-refractivity contribution is 6.33. The number of piperidine rings is 1. The quantitative estimate of drug-likeness (QED) is 0.878. The SMILES string of the molecule is O=C(NCC(=O)N1CCC(CO)CC1)c1c(F)cccc1Cl. The van der Waals surface area contributed by atoms with Gasteiger partial charge in [-0.15, -0.1) is 0 Å². The van der Waals surface area contributed by atoms with Gasteiger partial charge in [-0.05, 0) is 30.9 Å². The highest BCUT2D eigenvalue weighted by Gasteiger charge is 2.23. The fourth-order valence-corrected chi connectivity index (χ4v) is 2.68. The normalized spacial score (nSPS) is 15.7. The summed E-state index contributed by atoms with van der Waals surface area (Å²) in [6, 6.07) is 3.97. The van der Waals surface area contributed by atoms with E-state index in [9.17, 15) is 14.0 Å². The second-order valence-electron chi connectivity index (χ2n) is 5.29. The molecule has 1 aromatic rings. The molecule has 0 aliphatic carbocycles. The first kappa shape index (κ1) is 16.7. The van der Waals surface area contributed by atoms with Crippen LogP contribution in [0.1, 0.15) is 23.2 Å². The average Bonchev–Trinajstić information content (AvgIpc) is 2.52. The van der Waals surface area contributed by atoms with Crippen LogP contribution in [0.25, 0.3) is 0 Å². The molecule has 0 radical (unpaired) electrons. The number of nitrogens with zero attached hydrogens (tertiary/aromatic N) is 1. The molecule has 0 atom stereocenters. The largest absolute Gasteiger partial charge is 0.396 e. The van der Waals surface area contributed by atoms with E-state index in [-0.39, 0.29) is 35.6 Å². The highest BCUT2D eigenvalue weighted by atomic mass is 35.5. The van der Waals surface area contributed by atoms with Crippen LogP contribution in [-0.2, 0) is 4.79 Å². The summed E-state index contributed by atoms with van der Waals surface area (Å²) in [5.41, 5.74) is -0.254. The van der Waals surface area contributed by atoms with Crippen LogP contribution < -0.4 is 5.32 Å². The number of hydrogen-bond donors (Lipinski definition) is 2. The summed E-state index contributed by atoms with van der Waals surface area (Å²) < 4.78 is 13.6. The van der Waals surface area contributed by atoms with Gasteiger partial charge in [-0.2, -0.15) is 0 Å². The van der Waals surface area contributed by atoms with E-state index in [1.54, 1.807) is 4.90 Å². The first-order chi connectivity index (χ1) is 10.5. The van der Waals surface area contributed by atoms with E-state index in [1.165, 1.54) is 12.1 Å². The van der Waals surface area contributed by atoms with Crippen LogP contribution in [0.15, 0.2) is 18.2 Å². The smallest absolute Gasteiger partial charge is 0.256 e. The predicted octanol–water partition coefficient (Wildman–Crippen LogP) is 1.44. The third kappa shape index (κ3) is 3.96. The fraction of sp³-hybridized carbons (Fsp3) is 0.467. The van der Waals surface area contributed by atoms with Crippen LogP contribution in [0.5, 0.6) is 0 Å². The van der Waals surface area contributed by atoms with Gasteiger partial charge in [0, 0.05) is 19.7 Å². The van der Waals surface area contributed by atoms with Gasteiger partial charge in [0.05, 0.1) is 17.1 Å². The number of likely N-dealkylation sites (tertiary alicyclic amines) is 1. The van der Waals surface area contributed by atoms with E-state index in [0.717, 1.165) is 18.9 Å². The number of rotatable bonds is 4. The molecule has 1 aliphatic rings. The van der Waals surface area contributed by atoms with Gasteiger partial charge >= 0.3 is 0 Å². The van der Waals surface area contributed by atoms with Crippen molar-refractivity contribution in [3.8, 4) is 0 Å².